The quantitative estimate of drug-likeness (QED) is 0.548. The lowest BCUT2D eigenvalue weighted by atomic mass is 10.2. The zero-order valence-corrected chi connectivity index (χ0v) is 8.18. The smallest absolute Gasteiger partial charge is 0.240 e. The number of halogens is 2. The molecule has 0 saturated heterocycles. The van der Waals surface area contributed by atoms with Crippen molar-refractivity contribution in [2.24, 2.45) is 4.99 Å². The van der Waals surface area contributed by atoms with E-state index >= 15 is 0 Å². The number of nitrogens with zero attached hydrogens (tertiary/aromatic N) is 1. The van der Waals surface area contributed by atoms with Crippen LogP contribution in [-0.2, 0) is 4.79 Å². The SMILES string of the molecule is O=C=Nc1c(F)cc(Cl)c2c1OCCO2. The van der Waals surface area contributed by atoms with Crippen molar-refractivity contribution in [3.8, 4) is 11.5 Å². The highest BCUT2D eigenvalue weighted by atomic mass is 35.5. The lowest BCUT2D eigenvalue weighted by molar-refractivity contribution is 0.172. The molecule has 1 aliphatic rings. The Hall–Kier alpha value is -1.58. The maximum Gasteiger partial charge on any atom is 0.240 e. The van der Waals surface area contributed by atoms with Gasteiger partial charge in [0, 0.05) is 0 Å². The molecule has 0 N–H and O–H groups in total. The highest BCUT2D eigenvalue weighted by molar-refractivity contribution is 6.32. The molecular weight excluding hydrogens is 225 g/mol. The van der Waals surface area contributed by atoms with Crippen LogP contribution in [-0.4, -0.2) is 19.3 Å². The van der Waals surface area contributed by atoms with Crippen molar-refractivity contribution in [3.63, 3.8) is 0 Å². The number of isocyanates is 1. The van der Waals surface area contributed by atoms with Crippen LogP contribution in [0, 0.1) is 5.82 Å². The third-order valence-corrected chi connectivity index (χ3v) is 2.13. The molecule has 0 aliphatic carbocycles. The topological polar surface area (TPSA) is 47.9 Å². The summed E-state index contributed by atoms with van der Waals surface area (Å²) in [6.45, 7) is 0.580. The second-order valence-electron chi connectivity index (χ2n) is 2.75. The first-order chi connectivity index (χ1) is 7.24. The van der Waals surface area contributed by atoms with Gasteiger partial charge in [-0.2, -0.15) is 4.99 Å². The lowest BCUT2D eigenvalue weighted by Crippen LogP contribution is -2.16. The van der Waals surface area contributed by atoms with E-state index in [0.29, 0.717) is 6.61 Å². The second-order valence-corrected chi connectivity index (χ2v) is 3.15. The maximum atomic E-state index is 13.3. The molecule has 2 rings (SSSR count). The molecule has 4 nitrogen and oxygen atoms in total. The lowest BCUT2D eigenvalue weighted by Gasteiger charge is -2.20. The van der Waals surface area contributed by atoms with Crippen molar-refractivity contribution in [1.82, 2.24) is 0 Å². The van der Waals surface area contributed by atoms with Gasteiger partial charge in [0.15, 0.2) is 23.0 Å². The van der Waals surface area contributed by atoms with Gasteiger partial charge in [-0.15, -0.1) is 0 Å². The average molecular weight is 230 g/mol. The van der Waals surface area contributed by atoms with E-state index in [1.54, 1.807) is 0 Å². The number of hydrogen-bond acceptors (Lipinski definition) is 4. The van der Waals surface area contributed by atoms with Gasteiger partial charge in [-0.05, 0) is 6.07 Å². The first-order valence-corrected chi connectivity index (χ1v) is 4.47. The van der Waals surface area contributed by atoms with E-state index in [9.17, 15) is 9.18 Å². The average Bonchev–Trinajstić information content (AvgIpc) is 2.24. The fourth-order valence-electron chi connectivity index (χ4n) is 1.28. The summed E-state index contributed by atoms with van der Waals surface area (Å²) in [6.07, 6.45) is 1.25. The molecule has 1 aromatic rings. The summed E-state index contributed by atoms with van der Waals surface area (Å²) in [5.74, 6) is -0.486. The van der Waals surface area contributed by atoms with Crippen LogP contribution in [0.2, 0.25) is 5.02 Å². The Labute approximate surface area is 89.3 Å². The molecule has 0 spiro atoms. The van der Waals surface area contributed by atoms with Crippen molar-refractivity contribution in [1.29, 1.82) is 0 Å². The molecule has 0 radical (unpaired) electrons. The molecule has 1 heterocycles. The van der Waals surface area contributed by atoms with Crippen molar-refractivity contribution in [3.05, 3.63) is 16.9 Å². The predicted molar refractivity (Wildman–Crippen MR) is 50.2 cm³/mol. The summed E-state index contributed by atoms with van der Waals surface area (Å²) in [5.41, 5.74) is -0.232. The number of rotatable bonds is 1. The minimum atomic E-state index is -0.743. The molecule has 0 unspecified atom stereocenters. The van der Waals surface area contributed by atoms with Gasteiger partial charge in [0.25, 0.3) is 0 Å². The number of benzene rings is 1. The van der Waals surface area contributed by atoms with E-state index in [2.05, 4.69) is 4.99 Å². The van der Waals surface area contributed by atoms with Crippen LogP contribution in [0.1, 0.15) is 0 Å². The molecule has 0 aromatic heterocycles. The minimum Gasteiger partial charge on any atom is -0.484 e. The zero-order valence-electron chi connectivity index (χ0n) is 7.42. The van der Waals surface area contributed by atoms with Crippen LogP contribution in [0.15, 0.2) is 11.1 Å². The van der Waals surface area contributed by atoms with Crippen molar-refractivity contribution in [2.45, 2.75) is 0 Å². The van der Waals surface area contributed by atoms with Crippen molar-refractivity contribution < 1.29 is 18.7 Å². The molecule has 0 atom stereocenters. The molecule has 15 heavy (non-hydrogen) atoms. The summed E-state index contributed by atoms with van der Waals surface area (Å²) in [7, 11) is 0. The van der Waals surface area contributed by atoms with Gasteiger partial charge in [-0.3, -0.25) is 0 Å². The van der Waals surface area contributed by atoms with E-state index in [1.807, 2.05) is 0 Å². The second kappa shape index (κ2) is 3.88. The normalized spacial score (nSPS) is 13.2. The predicted octanol–water partition coefficient (Wildman–Crippen LogP) is 2.22. The molecule has 0 amide bonds. The Balaban J connectivity index is 2.68. The third kappa shape index (κ3) is 1.67. The largest absolute Gasteiger partial charge is 0.484 e. The summed E-state index contributed by atoms with van der Waals surface area (Å²) in [5, 5.41) is 0.0899. The summed E-state index contributed by atoms with van der Waals surface area (Å²) < 4.78 is 23.7. The number of carbonyl (C=O) groups excluding carboxylic acids is 1. The Morgan fingerprint density at radius 1 is 1.40 bits per heavy atom. The Morgan fingerprint density at radius 3 is 2.73 bits per heavy atom. The molecule has 0 fully saturated rings. The van der Waals surface area contributed by atoms with Crippen molar-refractivity contribution in [2.75, 3.05) is 13.2 Å². The van der Waals surface area contributed by atoms with Gasteiger partial charge in [0.2, 0.25) is 6.08 Å². The summed E-state index contributed by atoms with van der Waals surface area (Å²) in [6, 6.07) is 1.02. The van der Waals surface area contributed by atoms with Gasteiger partial charge in [0.1, 0.15) is 13.2 Å². The minimum absolute atomic E-state index is 0.0506. The molecule has 6 heteroatoms. The van der Waals surface area contributed by atoms with Crippen LogP contribution in [0.4, 0.5) is 10.1 Å². The molecule has 0 bridgehead atoms. The van der Waals surface area contributed by atoms with E-state index in [0.717, 1.165) is 6.07 Å². The monoisotopic (exact) mass is 229 g/mol. The van der Waals surface area contributed by atoms with E-state index in [1.165, 1.54) is 6.08 Å². The van der Waals surface area contributed by atoms with E-state index in [-0.39, 0.29) is 28.8 Å². The van der Waals surface area contributed by atoms with Gasteiger partial charge in [0.05, 0.1) is 5.02 Å². The number of ether oxygens (including phenoxy) is 2. The summed E-state index contributed by atoms with van der Waals surface area (Å²) in [4.78, 5) is 13.3. The molecular formula is C9H5ClFNO3. The molecule has 78 valence electrons. The number of hydrogen-bond donors (Lipinski definition) is 0. The van der Waals surface area contributed by atoms with E-state index < -0.39 is 5.82 Å². The number of aliphatic imine (C=N–C) groups is 1. The van der Waals surface area contributed by atoms with Gasteiger partial charge in [-0.1, -0.05) is 11.6 Å². The fourth-order valence-corrected chi connectivity index (χ4v) is 1.51. The highest BCUT2D eigenvalue weighted by Gasteiger charge is 2.23. The van der Waals surface area contributed by atoms with Gasteiger partial charge in [-0.25, -0.2) is 9.18 Å². The van der Waals surface area contributed by atoms with Crippen LogP contribution in [0.5, 0.6) is 11.5 Å². The van der Waals surface area contributed by atoms with Crippen LogP contribution >= 0.6 is 11.6 Å². The van der Waals surface area contributed by atoms with Gasteiger partial charge < -0.3 is 9.47 Å². The zero-order chi connectivity index (χ0) is 10.8. The van der Waals surface area contributed by atoms with Crippen LogP contribution in [0.3, 0.4) is 0 Å². The van der Waals surface area contributed by atoms with Crippen molar-refractivity contribution >= 4 is 23.4 Å². The molecule has 0 saturated carbocycles. The first-order valence-electron chi connectivity index (χ1n) is 4.09. The van der Waals surface area contributed by atoms with Crippen LogP contribution in [0.25, 0.3) is 0 Å². The Kier molecular flexibility index (Phi) is 2.58. The Bertz CT molecular complexity index is 457. The number of fused-ring (bicyclic) bond motifs is 1. The fraction of sp³-hybridized carbons (Fsp3) is 0.222. The Morgan fingerprint density at radius 2 is 2.07 bits per heavy atom. The molecule has 1 aromatic carbocycles. The maximum absolute atomic E-state index is 13.3. The first kappa shape index (κ1) is 9.96. The van der Waals surface area contributed by atoms with E-state index in [4.69, 9.17) is 21.1 Å². The van der Waals surface area contributed by atoms with Crippen LogP contribution < -0.4 is 9.47 Å². The standard InChI is InChI=1S/C9H5ClFNO3/c10-5-3-6(11)7(12-4-13)9-8(5)14-1-2-15-9/h3H,1-2H2. The van der Waals surface area contributed by atoms with Gasteiger partial charge >= 0.3 is 0 Å². The third-order valence-electron chi connectivity index (χ3n) is 1.85. The summed E-state index contributed by atoms with van der Waals surface area (Å²) >= 11 is 5.73. The highest BCUT2D eigenvalue weighted by Crippen LogP contribution is 2.45. The molecule has 1 aliphatic heterocycles.